The Hall–Kier alpha value is -1.37. The lowest BCUT2D eigenvalue weighted by Crippen LogP contribution is -2.26. The molecular formula is C15H18N2O2S2. The Labute approximate surface area is 132 Å². The average molecular weight is 322 g/mol. The SMILES string of the molecule is O=C(CC(O)c1ccccc1)NCCCSc1nccs1. The lowest BCUT2D eigenvalue weighted by atomic mass is 10.1. The first-order valence-electron chi connectivity index (χ1n) is 6.77. The second-order valence-electron chi connectivity index (χ2n) is 4.48. The van der Waals surface area contributed by atoms with Crippen molar-refractivity contribution in [2.45, 2.75) is 23.3 Å². The molecule has 1 atom stereocenters. The highest BCUT2D eigenvalue weighted by molar-refractivity contribution is 8.00. The van der Waals surface area contributed by atoms with Crippen molar-refractivity contribution in [2.24, 2.45) is 0 Å². The van der Waals surface area contributed by atoms with Crippen LogP contribution in [0.1, 0.15) is 24.5 Å². The van der Waals surface area contributed by atoms with Crippen LogP contribution in [0.3, 0.4) is 0 Å². The van der Waals surface area contributed by atoms with Gasteiger partial charge in [0.2, 0.25) is 5.91 Å². The Morgan fingerprint density at radius 2 is 2.19 bits per heavy atom. The number of aromatic nitrogens is 1. The van der Waals surface area contributed by atoms with Crippen molar-refractivity contribution >= 4 is 29.0 Å². The Morgan fingerprint density at radius 1 is 1.38 bits per heavy atom. The molecule has 0 saturated carbocycles. The van der Waals surface area contributed by atoms with Crippen molar-refractivity contribution < 1.29 is 9.90 Å². The number of nitrogens with zero attached hydrogens (tertiary/aromatic N) is 1. The van der Waals surface area contributed by atoms with E-state index >= 15 is 0 Å². The predicted molar refractivity (Wildman–Crippen MR) is 86.5 cm³/mol. The van der Waals surface area contributed by atoms with Gasteiger partial charge in [0.05, 0.1) is 12.5 Å². The number of nitrogens with one attached hydrogen (secondary N) is 1. The molecule has 0 bridgehead atoms. The zero-order valence-corrected chi connectivity index (χ0v) is 13.2. The fourth-order valence-corrected chi connectivity index (χ4v) is 3.43. The quantitative estimate of drug-likeness (QED) is 0.579. The molecule has 1 heterocycles. The molecule has 1 aromatic carbocycles. The molecule has 1 aromatic heterocycles. The number of carbonyl (C=O) groups is 1. The molecule has 0 aliphatic carbocycles. The van der Waals surface area contributed by atoms with Gasteiger partial charge in [0.1, 0.15) is 4.34 Å². The first-order valence-corrected chi connectivity index (χ1v) is 8.64. The summed E-state index contributed by atoms with van der Waals surface area (Å²) in [6.45, 7) is 0.624. The molecule has 0 radical (unpaired) electrons. The van der Waals surface area contributed by atoms with Gasteiger partial charge in [0.15, 0.2) is 0 Å². The van der Waals surface area contributed by atoms with Crippen molar-refractivity contribution in [3.63, 3.8) is 0 Å². The minimum Gasteiger partial charge on any atom is -0.388 e. The summed E-state index contributed by atoms with van der Waals surface area (Å²) >= 11 is 3.32. The number of carbonyl (C=O) groups excluding carboxylic acids is 1. The van der Waals surface area contributed by atoms with Crippen LogP contribution in [0.2, 0.25) is 0 Å². The zero-order chi connectivity index (χ0) is 14.9. The lowest BCUT2D eigenvalue weighted by Gasteiger charge is -2.11. The van der Waals surface area contributed by atoms with Crippen LogP contribution in [0.25, 0.3) is 0 Å². The normalized spacial score (nSPS) is 12.0. The number of aliphatic hydroxyl groups excluding tert-OH is 1. The number of thioether (sulfide) groups is 1. The maximum atomic E-state index is 11.7. The highest BCUT2D eigenvalue weighted by atomic mass is 32.2. The van der Waals surface area contributed by atoms with E-state index in [0.29, 0.717) is 6.54 Å². The number of benzene rings is 1. The molecule has 6 heteroatoms. The van der Waals surface area contributed by atoms with Gasteiger partial charge in [-0.1, -0.05) is 42.1 Å². The number of hydrogen-bond donors (Lipinski definition) is 2. The Kier molecular flexibility index (Phi) is 6.72. The van der Waals surface area contributed by atoms with Crippen LogP contribution in [-0.4, -0.2) is 28.3 Å². The smallest absolute Gasteiger partial charge is 0.222 e. The third-order valence-corrected chi connectivity index (χ3v) is 4.89. The van der Waals surface area contributed by atoms with Gasteiger partial charge in [-0.3, -0.25) is 4.79 Å². The second kappa shape index (κ2) is 8.81. The van der Waals surface area contributed by atoms with Crippen LogP contribution < -0.4 is 5.32 Å². The summed E-state index contributed by atoms with van der Waals surface area (Å²) in [5.41, 5.74) is 0.770. The molecule has 0 fully saturated rings. The van der Waals surface area contributed by atoms with E-state index in [1.807, 2.05) is 35.7 Å². The summed E-state index contributed by atoms with van der Waals surface area (Å²) < 4.78 is 1.06. The van der Waals surface area contributed by atoms with E-state index in [4.69, 9.17) is 0 Å². The number of amides is 1. The monoisotopic (exact) mass is 322 g/mol. The van der Waals surface area contributed by atoms with Crippen molar-refractivity contribution in [3.05, 3.63) is 47.5 Å². The molecule has 112 valence electrons. The second-order valence-corrected chi connectivity index (χ2v) is 6.72. The molecular weight excluding hydrogens is 304 g/mol. The van der Waals surface area contributed by atoms with Crippen LogP contribution in [0.5, 0.6) is 0 Å². The fraction of sp³-hybridized carbons (Fsp3) is 0.333. The van der Waals surface area contributed by atoms with Gasteiger partial charge >= 0.3 is 0 Å². The Balaban J connectivity index is 1.59. The molecule has 0 spiro atoms. The predicted octanol–water partition coefficient (Wildman–Crippen LogP) is 2.87. The van der Waals surface area contributed by atoms with E-state index in [1.54, 1.807) is 29.3 Å². The van der Waals surface area contributed by atoms with Gasteiger partial charge in [-0.05, 0) is 12.0 Å². The Morgan fingerprint density at radius 3 is 2.90 bits per heavy atom. The number of hydrogen-bond acceptors (Lipinski definition) is 5. The minimum absolute atomic E-state index is 0.101. The maximum absolute atomic E-state index is 11.7. The first-order chi connectivity index (χ1) is 10.3. The zero-order valence-electron chi connectivity index (χ0n) is 11.6. The van der Waals surface area contributed by atoms with Crippen molar-refractivity contribution in [1.82, 2.24) is 10.3 Å². The molecule has 2 N–H and O–H groups in total. The molecule has 4 nitrogen and oxygen atoms in total. The third-order valence-electron chi connectivity index (χ3n) is 2.84. The van der Waals surface area contributed by atoms with Gasteiger partial charge in [-0.25, -0.2) is 4.98 Å². The van der Waals surface area contributed by atoms with Gasteiger partial charge in [0.25, 0.3) is 0 Å². The van der Waals surface area contributed by atoms with Crippen LogP contribution in [0, 0.1) is 0 Å². The van der Waals surface area contributed by atoms with Gasteiger partial charge in [-0.2, -0.15) is 0 Å². The molecule has 0 aliphatic rings. The van der Waals surface area contributed by atoms with E-state index in [9.17, 15) is 9.90 Å². The average Bonchev–Trinajstić information content (AvgIpc) is 3.01. The summed E-state index contributed by atoms with van der Waals surface area (Å²) in [6.07, 6.45) is 2.04. The van der Waals surface area contributed by atoms with E-state index in [2.05, 4.69) is 10.3 Å². The first kappa shape index (κ1) is 16.0. The molecule has 0 saturated heterocycles. The van der Waals surface area contributed by atoms with E-state index in [1.165, 1.54) is 0 Å². The highest BCUT2D eigenvalue weighted by Crippen LogP contribution is 2.20. The van der Waals surface area contributed by atoms with Gasteiger partial charge in [-0.15, -0.1) is 11.3 Å². The number of thiazole rings is 1. The van der Waals surface area contributed by atoms with E-state index < -0.39 is 6.10 Å². The number of aliphatic hydroxyl groups is 1. The molecule has 1 amide bonds. The van der Waals surface area contributed by atoms with Crippen LogP contribution >= 0.6 is 23.1 Å². The number of rotatable bonds is 8. The topological polar surface area (TPSA) is 62.2 Å². The summed E-state index contributed by atoms with van der Waals surface area (Å²) in [4.78, 5) is 15.9. The highest BCUT2D eigenvalue weighted by Gasteiger charge is 2.11. The summed E-state index contributed by atoms with van der Waals surface area (Å²) in [5, 5.41) is 14.7. The van der Waals surface area contributed by atoms with Crippen LogP contribution in [0.15, 0.2) is 46.2 Å². The minimum atomic E-state index is -0.740. The van der Waals surface area contributed by atoms with Crippen molar-refractivity contribution in [1.29, 1.82) is 0 Å². The van der Waals surface area contributed by atoms with E-state index in [0.717, 1.165) is 22.1 Å². The van der Waals surface area contributed by atoms with Gasteiger partial charge in [0, 0.05) is 23.9 Å². The Bertz CT molecular complexity index is 532. The summed E-state index contributed by atoms with van der Waals surface area (Å²) in [7, 11) is 0. The maximum Gasteiger partial charge on any atom is 0.222 e. The third kappa shape index (κ3) is 5.87. The molecule has 21 heavy (non-hydrogen) atoms. The summed E-state index contributed by atoms with van der Waals surface area (Å²) in [6, 6.07) is 9.24. The van der Waals surface area contributed by atoms with Crippen LogP contribution in [0.4, 0.5) is 0 Å². The van der Waals surface area contributed by atoms with E-state index in [-0.39, 0.29) is 12.3 Å². The molecule has 2 aromatic rings. The standard InChI is InChI=1S/C15H18N2O2S2/c18-13(12-5-2-1-3-6-12)11-14(19)16-7-4-9-20-15-17-8-10-21-15/h1-3,5-6,8,10,13,18H,4,7,9,11H2,(H,16,19). The molecule has 2 rings (SSSR count). The molecule has 1 unspecified atom stereocenters. The van der Waals surface area contributed by atoms with Crippen LogP contribution in [-0.2, 0) is 4.79 Å². The van der Waals surface area contributed by atoms with Gasteiger partial charge < -0.3 is 10.4 Å². The molecule has 0 aliphatic heterocycles. The largest absolute Gasteiger partial charge is 0.388 e. The van der Waals surface area contributed by atoms with Crippen molar-refractivity contribution in [2.75, 3.05) is 12.3 Å². The lowest BCUT2D eigenvalue weighted by molar-refractivity contribution is -0.123. The van der Waals surface area contributed by atoms with Crippen molar-refractivity contribution in [3.8, 4) is 0 Å². The summed E-state index contributed by atoms with van der Waals surface area (Å²) in [5.74, 6) is 0.806. The fourth-order valence-electron chi connectivity index (χ4n) is 1.78.